The van der Waals surface area contributed by atoms with E-state index in [0.717, 1.165) is 25.1 Å². The Morgan fingerprint density at radius 2 is 2.40 bits per heavy atom. The molecule has 0 amide bonds. The number of hydrogen-bond donors (Lipinski definition) is 0. The normalized spacial score (nSPS) is 9.33. The molecule has 0 saturated heterocycles. The first kappa shape index (κ1) is 11.3. The van der Waals surface area contributed by atoms with Gasteiger partial charge < -0.3 is 4.90 Å². The second-order valence-corrected chi connectivity index (χ2v) is 3.19. The fourth-order valence-electron chi connectivity index (χ4n) is 1.31. The maximum Gasteiger partial charge on any atom is 0.151 e. The predicted octanol–water partition coefficient (Wildman–Crippen LogP) is 1.74. The van der Waals surface area contributed by atoms with Crippen LogP contribution in [0.5, 0.6) is 0 Å². The van der Waals surface area contributed by atoms with Crippen molar-refractivity contribution in [3.63, 3.8) is 0 Å². The summed E-state index contributed by atoms with van der Waals surface area (Å²) in [5.41, 5.74) is 0.580. The third-order valence-corrected chi connectivity index (χ3v) is 2.01. The Bertz CT molecular complexity index is 351. The second-order valence-electron chi connectivity index (χ2n) is 3.19. The summed E-state index contributed by atoms with van der Waals surface area (Å²) in [6.07, 6.45) is 8.63. The average Bonchev–Trinajstić information content (AvgIpc) is 2.29. The molecule has 0 saturated carbocycles. The molecule has 78 valence electrons. The van der Waals surface area contributed by atoms with Crippen LogP contribution in [0.4, 0.5) is 5.82 Å². The zero-order valence-corrected chi connectivity index (χ0v) is 8.81. The molecule has 0 aliphatic rings. The highest BCUT2D eigenvalue weighted by Gasteiger charge is 2.04. The van der Waals surface area contributed by atoms with E-state index in [1.165, 1.54) is 0 Å². The molecule has 0 atom stereocenters. The van der Waals surface area contributed by atoms with E-state index in [9.17, 15) is 4.79 Å². The number of hydrogen-bond acceptors (Lipinski definition) is 3. The third-order valence-electron chi connectivity index (χ3n) is 2.01. The molecule has 0 radical (unpaired) electrons. The van der Waals surface area contributed by atoms with Crippen LogP contribution < -0.4 is 4.90 Å². The number of terminal acetylenes is 1. The minimum atomic E-state index is 0.543. The molecule has 0 unspecified atom stereocenters. The van der Waals surface area contributed by atoms with Gasteiger partial charge in [0.1, 0.15) is 5.82 Å². The molecule has 1 aromatic rings. The van der Waals surface area contributed by atoms with Crippen molar-refractivity contribution < 1.29 is 4.79 Å². The van der Waals surface area contributed by atoms with E-state index in [-0.39, 0.29) is 0 Å². The fourth-order valence-corrected chi connectivity index (χ4v) is 1.31. The van der Waals surface area contributed by atoms with Gasteiger partial charge in [-0.1, -0.05) is 12.8 Å². The highest BCUT2D eigenvalue weighted by molar-refractivity contribution is 5.74. The molecule has 0 aliphatic heterocycles. The molecule has 0 fully saturated rings. The van der Waals surface area contributed by atoms with Crippen LogP contribution in [0, 0.1) is 12.3 Å². The summed E-state index contributed by atoms with van der Waals surface area (Å²) in [6, 6.07) is 3.56. The van der Waals surface area contributed by atoms with Crippen LogP contribution in [-0.4, -0.2) is 24.4 Å². The van der Waals surface area contributed by atoms with Gasteiger partial charge in [0.25, 0.3) is 0 Å². The number of aldehydes is 1. The van der Waals surface area contributed by atoms with E-state index in [2.05, 4.69) is 17.8 Å². The first-order valence-electron chi connectivity index (χ1n) is 4.91. The van der Waals surface area contributed by atoms with E-state index in [1.807, 2.05) is 11.0 Å². The van der Waals surface area contributed by atoms with Gasteiger partial charge in [-0.15, -0.1) is 6.42 Å². The Kier molecular flexibility index (Phi) is 4.36. The number of anilines is 1. The van der Waals surface area contributed by atoms with Crippen molar-refractivity contribution in [2.24, 2.45) is 0 Å². The molecule has 0 aliphatic carbocycles. The van der Waals surface area contributed by atoms with E-state index >= 15 is 0 Å². The predicted molar refractivity (Wildman–Crippen MR) is 61.0 cm³/mol. The average molecular weight is 202 g/mol. The first-order chi connectivity index (χ1) is 7.31. The van der Waals surface area contributed by atoms with Crippen molar-refractivity contribution >= 4 is 12.1 Å². The zero-order valence-electron chi connectivity index (χ0n) is 8.81. The van der Waals surface area contributed by atoms with Gasteiger partial charge in [0.05, 0.1) is 6.54 Å². The molecule has 3 heteroatoms. The summed E-state index contributed by atoms with van der Waals surface area (Å²) in [6.45, 7) is 3.50. The Labute approximate surface area is 90.1 Å². The van der Waals surface area contributed by atoms with Crippen molar-refractivity contribution in [1.29, 1.82) is 0 Å². The lowest BCUT2D eigenvalue weighted by atomic mass is 10.3. The van der Waals surface area contributed by atoms with Crippen LogP contribution >= 0.6 is 0 Å². The molecule has 0 aromatic carbocycles. The number of nitrogens with zero attached hydrogens (tertiary/aromatic N) is 2. The van der Waals surface area contributed by atoms with Gasteiger partial charge in [0.15, 0.2) is 6.29 Å². The maximum atomic E-state index is 10.5. The number of carbonyl (C=O) groups excluding carboxylic acids is 1. The minimum Gasteiger partial charge on any atom is -0.345 e. The minimum absolute atomic E-state index is 0.543. The molecule has 0 N–H and O–H groups in total. The van der Waals surface area contributed by atoms with Crippen LogP contribution in [0.1, 0.15) is 23.7 Å². The molecular formula is C12H14N2O. The second kappa shape index (κ2) is 5.82. The standard InChI is InChI=1S/C12H14N2O/c1-3-7-14(8-4-2)12-6-5-11(10-15)9-13-12/h1,5-6,9-10H,4,7-8H2,2H3. The molecular weight excluding hydrogens is 188 g/mol. The monoisotopic (exact) mass is 202 g/mol. The largest absolute Gasteiger partial charge is 0.345 e. The van der Waals surface area contributed by atoms with E-state index in [4.69, 9.17) is 6.42 Å². The third kappa shape index (κ3) is 3.10. The molecule has 3 nitrogen and oxygen atoms in total. The Hall–Kier alpha value is -1.82. The van der Waals surface area contributed by atoms with Crippen molar-refractivity contribution in [3.05, 3.63) is 23.9 Å². The van der Waals surface area contributed by atoms with Gasteiger partial charge in [0.2, 0.25) is 0 Å². The Morgan fingerprint density at radius 3 is 2.87 bits per heavy atom. The van der Waals surface area contributed by atoms with Gasteiger partial charge >= 0.3 is 0 Å². The van der Waals surface area contributed by atoms with Crippen molar-refractivity contribution in [2.75, 3.05) is 18.0 Å². The van der Waals surface area contributed by atoms with E-state index < -0.39 is 0 Å². The van der Waals surface area contributed by atoms with Crippen LogP contribution in [0.2, 0.25) is 0 Å². The summed E-state index contributed by atoms with van der Waals surface area (Å²) in [5.74, 6) is 3.42. The van der Waals surface area contributed by atoms with Gasteiger partial charge in [-0.05, 0) is 18.6 Å². The SMILES string of the molecule is C#CCN(CCC)c1ccc(C=O)cn1. The summed E-state index contributed by atoms with van der Waals surface area (Å²) < 4.78 is 0. The highest BCUT2D eigenvalue weighted by atomic mass is 16.1. The van der Waals surface area contributed by atoms with Crippen molar-refractivity contribution in [3.8, 4) is 12.3 Å². The topological polar surface area (TPSA) is 33.2 Å². The zero-order chi connectivity index (χ0) is 11.1. The van der Waals surface area contributed by atoms with Gasteiger partial charge in [-0.2, -0.15) is 0 Å². The summed E-state index contributed by atoms with van der Waals surface area (Å²) >= 11 is 0. The van der Waals surface area contributed by atoms with Gasteiger partial charge in [-0.3, -0.25) is 4.79 Å². The number of rotatable bonds is 5. The smallest absolute Gasteiger partial charge is 0.151 e. The molecule has 1 aromatic heterocycles. The lowest BCUT2D eigenvalue weighted by Gasteiger charge is -2.20. The molecule has 15 heavy (non-hydrogen) atoms. The van der Waals surface area contributed by atoms with Crippen LogP contribution in [-0.2, 0) is 0 Å². The molecule has 1 heterocycles. The van der Waals surface area contributed by atoms with E-state index in [1.54, 1.807) is 12.3 Å². The van der Waals surface area contributed by atoms with E-state index in [0.29, 0.717) is 12.1 Å². The lowest BCUT2D eigenvalue weighted by Crippen LogP contribution is -2.25. The van der Waals surface area contributed by atoms with Crippen molar-refractivity contribution in [1.82, 2.24) is 4.98 Å². The molecule has 1 rings (SSSR count). The Morgan fingerprint density at radius 1 is 1.60 bits per heavy atom. The number of pyridine rings is 1. The Balaban J connectivity index is 2.81. The summed E-state index contributed by atoms with van der Waals surface area (Å²) in [7, 11) is 0. The maximum absolute atomic E-state index is 10.5. The fraction of sp³-hybridized carbons (Fsp3) is 0.333. The summed E-state index contributed by atoms with van der Waals surface area (Å²) in [5, 5.41) is 0. The number of aromatic nitrogens is 1. The van der Waals surface area contributed by atoms with Crippen LogP contribution in [0.15, 0.2) is 18.3 Å². The highest BCUT2D eigenvalue weighted by Crippen LogP contribution is 2.10. The molecule has 0 spiro atoms. The first-order valence-corrected chi connectivity index (χ1v) is 4.91. The number of carbonyl (C=O) groups is 1. The lowest BCUT2D eigenvalue weighted by molar-refractivity contribution is 0.112. The summed E-state index contributed by atoms with van der Waals surface area (Å²) in [4.78, 5) is 16.6. The van der Waals surface area contributed by atoms with Gasteiger partial charge in [-0.25, -0.2) is 4.98 Å². The van der Waals surface area contributed by atoms with Crippen molar-refractivity contribution in [2.45, 2.75) is 13.3 Å². The molecule has 0 bridgehead atoms. The van der Waals surface area contributed by atoms with Crippen LogP contribution in [0.25, 0.3) is 0 Å². The van der Waals surface area contributed by atoms with Crippen LogP contribution in [0.3, 0.4) is 0 Å². The van der Waals surface area contributed by atoms with Gasteiger partial charge in [0, 0.05) is 18.3 Å². The quantitative estimate of drug-likeness (QED) is 0.538.